The van der Waals surface area contributed by atoms with E-state index in [1.165, 1.54) is 25.3 Å². The van der Waals surface area contributed by atoms with Crippen molar-refractivity contribution in [2.75, 3.05) is 7.11 Å². The van der Waals surface area contributed by atoms with Gasteiger partial charge in [-0.2, -0.15) is 5.26 Å². The van der Waals surface area contributed by atoms with Crippen LogP contribution in [0.4, 0.5) is 4.39 Å². The van der Waals surface area contributed by atoms with Crippen LogP contribution in [0.5, 0.6) is 5.75 Å². The van der Waals surface area contributed by atoms with Crippen LogP contribution in [0.2, 0.25) is 0 Å². The summed E-state index contributed by atoms with van der Waals surface area (Å²) in [5, 5.41) is 8.47. The number of benzene rings is 1. The molecule has 0 aliphatic rings. The molecule has 1 rings (SSSR count). The number of nitrogens with zero attached hydrogens (tertiary/aromatic N) is 1. The molecule has 0 amide bonds. The lowest BCUT2D eigenvalue weighted by molar-refractivity contribution is 0.402. The molecular weight excluding hydrogens is 183 g/mol. The number of rotatable bonds is 3. The first-order valence-corrected chi connectivity index (χ1v) is 4.15. The molecule has 0 aliphatic heterocycles. The average Bonchev–Trinajstić information content (AvgIpc) is 2.17. The van der Waals surface area contributed by atoms with Crippen molar-refractivity contribution in [3.63, 3.8) is 0 Å². The molecule has 1 aromatic rings. The lowest BCUT2D eigenvalue weighted by Gasteiger charge is -2.12. The Bertz CT molecular complexity index is 360. The third kappa shape index (κ3) is 2.21. The van der Waals surface area contributed by atoms with Gasteiger partial charge < -0.3 is 10.5 Å². The highest BCUT2D eigenvalue weighted by Gasteiger charge is 2.11. The molecule has 0 radical (unpaired) electrons. The summed E-state index contributed by atoms with van der Waals surface area (Å²) in [6.07, 6.45) is 0.183. The van der Waals surface area contributed by atoms with Crippen LogP contribution in [-0.2, 0) is 0 Å². The monoisotopic (exact) mass is 194 g/mol. The molecule has 0 spiro atoms. The zero-order chi connectivity index (χ0) is 10.6. The smallest absolute Gasteiger partial charge is 0.126 e. The van der Waals surface area contributed by atoms with Gasteiger partial charge in [-0.05, 0) is 6.07 Å². The minimum absolute atomic E-state index is 0.183. The van der Waals surface area contributed by atoms with E-state index in [1.54, 1.807) is 0 Å². The quantitative estimate of drug-likeness (QED) is 0.797. The van der Waals surface area contributed by atoms with Gasteiger partial charge in [0.25, 0.3) is 0 Å². The zero-order valence-corrected chi connectivity index (χ0v) is 7.83. The number of hydrogen-bond acceptors (Lipinski definition) is 3. The molecule has 1 atom stereocenters. The van der Waals surface area contributed by atoms with Gasteiger partial charge in [-0.3, -0.25) is 0 Å². The van der Waals surface area contributed by atoms with Gasteiger partial charge in [-0.25, -0.2) is 4.39 Å². The normalized spacial score (nSPS) is 11.9. The van der Waals surface area contributed by atoms with Gasteiger partial charge in [0.05, 0.1) is 19.6 Å². The van der Waals surface area contributed by atoms with Gasteiger partial charge in [-0.15, -0.1) is 0 Å². The first-order chi connectivity index (χ1) is 6.69. The van der Waals surface area contributed by atoms with Crippen LogP contribution in [0, 0.1) is 17.1 Å². The lowest BCUT2D eigenvalue weighted by Crippen LogP contribution is -2.10. The van der Waals surface area contributed by atoms with Crippen LogP contribution in [0.15, 0.2) is 18.2 Å². The minimum Gasteiger partial charge on any atom is -0.496 e. The highest BCUT2D eigenvalue weighted by atomic mass is 19.1. The number of methoxy groups -OCH3 is 1. The molecule has 0 heterocycles. The number of hydrogen-bond donors (Lipinski definition) is 1. The number of ether oxygens (including phenoxy) is 1. The topological polar surface area (TPSA) is 59.0 Å². The summed E-state index contributed by atoms with van der Waals surface area (Å²) in [7, 11) is 1.44. The largest absolute Gasteiger partial charge is 0.496 e. The number of nitrogens with two attached hydrogens (primary N) is 1. The second kappa shape index (κ2) is 4.58. The van der Waals surface area contributed by atoms with E-state index in [4.69, 9.17) is 15.7 Å². The van der Waals surface area contributed by atoms with Crippen molar-refractivity contribution in [1.29, 1.82) is 5.26 Å². The highest BCUT2D eigenvalue weighted by molar-refractivity contribution is 5.36. The fourth-order valence-electron chi connectivity index (χ4n) is 1.20. The molecule has 1 unspecified atom stereocenters. The van der Waals surface area contributed by atoms with Gasteiger partial charge in [0, 0.05) is 17.7 Å². The Morgan fingerprint density at radius 3 is 2.93 bits per heavy atom. The summed E-state index contributed by atoms with van der Waals surface area (Å²) >= 11 is 0. The molecule has 0 aliphatic carbocycles. The fourth-order valence-corrected chi connectivity index (χ4v) is 1.20. The van der Waals surface area contributed by atoms with Crippen molar-refractivity contribution in [3.8, 4) is 11.8 Å². The molecule has 74 valence electrons. The van der Waals surface area contributed by atoms with Crippen molar-refractivity contribution in [2.45, 2.75) is 12.5 Å². The molecule has 4 heteroatoms. The summed E-state index contributed by atoms with van der Waals surface area (Å²) in [6, 6.07) is 5.62. The van der Waals surface area contributed by atoms with Gasteiger partial charge in [-0.1, -0.05) is 6.07 Å². The van der Waals surface area contributed by atoms with Crippen LogP contribution in [0.3, 0.4) is 0 Å². The summed E-state index contributed by atoms with van der Waals surface area (Å²) in [4.78, 5) is 0. The Morgan fingerprint density at radius 2 is 2.36 bits per heavy atom. The SMILES string of the molecule is COc1cc(F)ccc1C(N)CC#N. The van der Waals surface area contributed by atoms with E-state index in [9.17, 15) is 4.39 Å². The average molecular weight is 194 g/mol. The maximum Gasteiger partial charge on any atom is 0.126 e. The summed E-state index contributed by atoms with van der Waals surface area (Å²) in [5.41, 5.74) is 6.36. The zero-order valence-electron chi connectivity index (χ0n) is 7.83. The van der Waals surface area contributed by atoms with Crippen LogP contribution >= 0.6 is 0 Å². The molecule has 0 fully saturated rings. The van der Waals surface area contributed by atoms with Crippen LogP contribution in [-0.4, -0.2) is 7.11 Å². The van der Waals surface area contributed by atoms with Crippen molar-refractivity contribution in [1.82, 2.24) is 0 Å². The first-order valence-electron chi connectivity index (χ1n) is 4.15. The highest BCUT2D eigenvalue weighted by Crippen LogP contribution is 2.25. The molecule has 1 aromatic carbocycles. The maximum atomic E-state index is 12.8. The van der Waals surface area contributed by atoms with Crippen molar-refractivity contribution in [2.24, 2.45) is 5.73 Å². The molecule has 0 saturated heterocycles. The van der Waals surface area contributed by atoms with E-state index in [2.05, 4.69) is 0 Å². The summed E-state index contributed by atoms with van der Waals surface area (Å²) in [6.45, 7) is 0. The second-order valence-electron chi connectivity index (χ2n) is 2.86. The first kappa shape index (κ1) is 10.5. The van der Waals surface area contributed by atoms with E-state index in [1.807, 2.05) is 6.07 Å². The second-order valence-corrected chi connectivity index (χ2v) is 2.86. The number of halogens is 1. The minimum atomic E-state index is -0.435. The Labute approximate surface area is 81.9 Å². The summed E-state index contributed by atoms with van der Waals surface area (Å²) in [5.74, 6) is 0.00232. The van der Waals surface area contributed by atoms with Crippen LogP contribution in [0.25, 0.3) is 0 Å². The molecule has 2 N–H and O–H groups in total. The molecule has 3 nitrogen and oxygen atoms in total. The maximum absolute atomic E-state index is 12.8. The third-order valence-corrected chi connectivity index (χ3v) is 1.91. The molecule has 0 aromatic heterocycles. The van der Waals surface area contributed by atoms with E-state index in [0.29, 0.717) is 11.3 Å². The Morgan fingerprint density at radius 1 is 1.64 bits per heavy atom. The Kier molecular flexibility index (Phi) is 3.43. The fraction of sp³-hybridized carbons (Fsp3) is 0.300. The van der Waals surface area contributed by atoms with E-state index >= 15 is 0 Å². The predicted octanol–water partition coefficient (Wildman–Crippen LogP) is 1.75. The van der Waals surface area contributed by atoms with Gasteiger partial charge in [0.2, 0.25) is 0 Å². The van der Waals surface area contributed by atoms with Crippen LogP contribution < -0.4 is 10.5 Å². The third-order valence-electron chi connectivity index (χ3n) is 1.91. The Balaban J connectivity index is 3.02. The van der Waals surface area contributed by atoms with Gasteiger partial charge in [0.15, 0.2) is 0 Å². The van der Waals surface area contributed by atoms with E-state index in [0.717, 1.165) is 0 Å². The van der Waals surface area contributed by atoms with Crippen LogP contribution in [0.1, 0.15) is 18.0 Å². The molecule has 0 saturated carbocycles. The molecular formula is C10H11FN2O. The Hall–Kier alpha value is -1.60. The van der Waals surface area contributed by atoms with Crippen molar-refractivity contribution in [3.05, 3.63) is 29.6 Å². The number of nitriles is 1. The van der Waals surface area contributed by atoms with E-state index in [-0.39, 0.29) is 12.2 Å². The molecule has 14 heavy (non-hydrogen) atoms. The predicted molar refractivity (Wildman–Crippen MR) is 50.1 cm³/mol. The van der Waals surface area contributed by atoms with Crippen molar-refractivity contribution >= 4 is 0 Å². The standard InChI is InChI=1S/C10H11FN2O/c1-14-10-6-7(11)2-3-8(10)9(13)4-5-12/h2-3,6,9H,4,13H2,1H3. The molecule has 0 bridgehead atoms. The van der Waals surface area contributed by atoms with Crippen molar-refractivity contribution < 1.29 is 9.13 Å². The lowest BCUT2D eigenvalue weighted by atomic mass is 10.0. The van der Waals surface area contributed by atoms with E-state index < -0.39 is 6.04 Å². The van der Waals surface area contributed by atoms with Gasteiger partial charge in [0.1, 0.15) is 11.6 Å². The van der Waals surface area contributed by atoms with Gasteiger partial charge >= 0.3 is 0 Å². The summed E-state index contributed by atoms with van der Waals surface area (Å²) < 4.78 is 17.8.